The van der Waals surface area contributed by atoms with E-state index in [0.717, 1.165) is 0 Å². The summed E-state index contributed by atoms with van der Waals surface area (Å²) in [6.45, 7) is 5.96. The minimum absolute atomic E-state index is 0.00500. The summed E-state index contributed by atoms with van der Waals surface area (Å²) in [6, 6.07) is 8.48. The van der Waals surface area contributed by atoms with Gasteiger partial charge in [0.05, 0.1) is 17.4 Å². The zero-order valence-corrected chi connectivity index (χ0v) is 19.2. The summed E-state index contributed by atoms with van der Waals surface area (Å²) < 4.78 is 17.4. The van der Waals surface area contributed by atoms with E-state index in [-0.39, 0.29) is 34.9 Å². The molecule has 1 amide bonds. The maximum atomic E-state index is 13.4. The Labute approximate surface area is 193 Å². The van der Waals surface area contributed by atoms with Gasteiger partial charge in [0.2, 0.25) is 5.78 Å². The first-order valence-electron chi connectivity index (χ1n) is 10.6. The van der Waals surface area contributed by atoms with Crippen molar-refractivity contribution in [3.63, 3.8) is 0 Å². The second-order valence-corrected chi connectivity index (χ2v) is 8.54. The van der Waals surface area contributed by atoms with Crippen LogP contribution in [0.2, 0.25) is 5.02 Å². The molecule has 4 rings (SSSR count). The van der Waals surface area contributed by atoms with Crippen LogP contribution in [0.1, 0.15) is 43.1 Å². The average Bonchev–Trinajstić information content (AvgIpc) is 3.08. The van der Waals surface area contributed by atoms with E-state index in [1.807, 2.05) is 20.8 Å². The van der Waals surface area contributed by atoms with Crippen molar-refractivity contribution in [2.24, 2.45) is 0 Å². The fourth-order valence-corrected chi connectivity index (χ4v) is 3.97. The van der Waals surface area contributed by atoms with Crippen LogP contribution in [0.4, 0.5) is 4.39 Å². The van der Waals surface area contributed by atoms with Gasteiger partial charge in [-0.25, -0.2) is 18.3 Å². The molecule has 0 radical (unpaired) electrons. The highest BCUT2D eigenvalue weighted by Gasteiger charge is 2.19. The van der Waals surface area contributed by atoms with Crippen molar-refractivity contribution in [3.8, 4) is 0 Å². The number of aryl methyl sites for hydroxylation is 1. The largest absolute Gasteiger partial charge is 0.352 e. The molecule has 0 fully saturated rings. The third kappa shape index (κ3) is 4.16. The maximum absolute atomic E-state index is 13.4. The van der Waals surface area contributed by atoms with E-state index in [0.29, 0.717) is 35.0 Å². The van der Waals surface area contributed by atoms with Crippen molar-refractivity contribution in [3.05, 3.63) is 79.2 Å². The fourth-order valence-electron chi connectivity index (χ4n) is 3.74. The fraction of sp³-hybridized carbons (Fsp3) is 0.304. The molecule has 0 unspecified atom stereocenters. The Balaban J connectivity index is 1.97. The van der Waals surface area contributed by atoms with E-state index in [4.69, 9.17) is 11.6 Å². The molecule has 0 atom stereocenters. The van der Waals surface area contributed by atoms with Gasteiger partial charge in [-0.2, -0.15) is 0 Å². The number of carbonyl (C=O) groups is 1. The molecule has 10 heteroatoms. The van der Waals surface area contributed by atoms with Crippen molar-refractivity contribution in [2.45, 2.75) is 46.3 Å². The quantitative estimate of drug-likeness (QED) is 0.467. The Kier molecular flexibility index (Phi) is 6.07. The van der Waals surface area contributed by atoms with Gasteiger partial charge in [0.25, 0.3) is 11.5 Å². The number of nitrogens with one attached hydrogen (secondary N) is 1. The molecule has 0 aliphatic carbocycles. The van der Waals surface area contributed by atoms with Gasteiger partial charge in [-0.3, -0.25) is 14.2 Å². The van der Waals surface area contributed by atoms with Crippen LogP contribution >= 0.6 is 11.6 Å². The molecule has 172 valence electrons. The molecule has 2 aromatic carbocycles. The molecular weight excluding hydrogens is 449 g/mol. The Morgan fingerprint density at radius 2 is 1.94 bits per heavy atom. The van der Waals surface area contributed by atoms with Crippen LogP contribution in [-0.4, -0.2) is 30.7 Å². The van der Waals surface area contributed by atoms with Crippen molar-refractivity contribution in [2.75, 3.05) is 0 Å². The number of carbonyl (C=O) groups excluding carboxylic acids is 1. The number of benzene rings is 2. The van der Waals surface area contributed by atoms with Crippen molar-refractivity contribution < 1.29 is 9.18 Å². The number of amides is 1. The van der Waals surface area contributed by atoms with Crippen LogP contribution in [0, 0.1) is 5.82 Å². The molecule has 2 heterocycles. The Hall–Kier alpha value is -3.46. The van der Waals surface area contributed by atoms with Crippen LogP contribution in [0.25, 0.3) is 16.7 Å². The predicted octanol–water partition coefficient (Wildman–Crippen LogP) is 3.20. The molecule has 8 nitrogen and oxygen atoms in total. The van der Waals surface area contributed by atoms with E-state index in [2.05, 4.69) is 10.4 Å². The number of hydrogen-bond donors (Lipinski definition) is 1. The second kappa shape index (κ2) is 8.82. The molecule has 0 bridgehead atoms. The minimum Gasteiger partial charge on any atom is -0.350 e. The lowest BCUT2D eigenvalue weighted by Gasteiger charge is -2.11. The van der Waals surface area contributed by atoms with E-state index in [1.54, 1.807) is 12.1 Å². The summed E-state index contributed by atoms with van der Waals surface area (Å²) in [5, 5.41) is 7.68. The van der Waals surface area contributed by atoms with Crippen molar-refractivity contribution >= 4 is 34.2 Å². The van der Waals surface area contributed by atoms with Crippen molar-refractivity contribution in [1.82, 2.24) is 24.1 Å². The lowest BCUT2D eigenvalue weighted by molar-refractivity contribution is 0.0943. The standard InChI is InChI=1S/C23H23ClFN5O3/c1-4-9-28-21(32)17-8-6-14(20(31)26-13(2)3)10-19(17)30-22(28)27-29(23(30)33)12-15-5-7-16(25)11-18(15)24/h5-8,10-11,13H,4,9,12H2,1-3H3,(H,26,31). The first-order chi connectivity index (χ1) is 15.7. The van der Waals surface area contributed by atoms with Crippen LogP contribution in [0.3, 0.4) is 0 Å². The number of nitrogens with zero attached hydrogens (tertiary/aromatic N) is 4. The predicted molar refractivity (Wildman–Crippen MR) is 125 cm³/mol. The summed E-state index contributed by atoms with van der Waals surface area (Å²) in [7, 11) is 0. The third-order valence-electron chi connectivity index (χ3n) is 5.24. The van der Waals surface area contributed by atoms with Gasteiger partial charge < -0.3 is 5.32 Å². The van der Waals surface area contributed by atoms with Crippen LogP contribution < -0.4 is 16.6 Å². The lowest BCUT2D eigenvalue weighted by atomic mass is 10.1. The molecule has 0 aliphatic rings. The lowest BCUT2D eigenvalue weighted by Crippen LogP contribution is -2.30. The molecule has 4 aromatic rings. The van der Waals surface area contributed by atoms with Gasteiger partial charge in [-0.15, -0.1) is 5.10 Å². The summed E-state index contributed by atoms with van der Waals surface area (Å²) in [6.07, 6.45) is 0.654. The summed E-state index contributed by atoms with van der Waals surface area (Å²) >= 11 is 6.14. The van der Waals surface area contributed by atoms with Crippen LogP contribution in [0.5, 0.6) is 0 Å². The number of fused-ring (bicyclic) bond motifs is 3. The Morgan fingerprint density at radius 1 is 1.18 bits per heavy atom. The molecule has 33 heavy (non-hydrogen) atoms. The number of rotatable bonds is 6. The van der Waals surface area contributed by atoms with Crippen LogP contribution in [0.15, 0.2) is 46.0 Å². The van der Waals surface area contributed by atoms with Gasteiger partial charge in [-0.1, -0.05) is 24.6 Å². The summed E-state index contributed by atoms with van der Waals surface area (Å²) in [5.41, 5.74) is 0.328. The SMILES string of the molecule is CCCn1c(=O)c2ccc(C(=O)NC(C)C)cc2n2c(=O)n(Cc3ccc(F)cc3Cl)nc12. The van der Waals surface area contributed by atoms with Gasteiger partial charge in [0.15, 0.2) is 0 Å². The third-order valence-corrected chi connectivity index (χ3v) is 5.59. The normalized spacial score (nSPS) is 11.6. The average molecular weight is 472 g/mol. The maximum Gasteiger partial charge on any atom is 0.352 e. The number of aromatic nitrogens is 4. The van der Waals surface area contributed by atoms with Crippen LogP contribution in [-0.2, 0) is 13.1 Å². The first kappa shape index (κ1) is 22.7. The highest BCUT2D eigenvalue weighted by molar-refractivity contribution is 6.31. The highest BCUT2D eigenvalue weighted by atomic mass is 35.5. The first-order valence-corrected chi connectivity index (χ1v) is 11.0. The molecule has 1 N–H and O–H groups in total. The Morgan fingerprint density at radius 3 is 2.61 bits per heavy atom. The zero-order valence-electron chi connectivity index (χ0n) is 18.4. The van der Waals surface area contributed by atoms with Gasteiger partial charge in [-0.05, 0) is 56.2 Å². The monoisotopic (exact) mass is 471 g/mol. The van der Waals surface area contributed by atoms with Gasteiger partial charge in [0.1, 0.15) is 5.82 Å². The molecular formula is C23H23ClFN5O3. The zero-order chi connectivity index (χ0) is 23.9. The van der Waals surface area contributed by atoms with Gasteiger partial charge in [0, 0.05) is 23.2 Å². The summed E-state index contributed by atoms with van der Waals surface area (Å²) in [5.74, 6) is -0.628. The number of hydrogen-bond acceptors (Lipinski definition) is 4. The smallest absolute Gasteiger partial charge is 0.350 e. The van der Waals surface area contributed by atoms with E-state index in [1.165, 1.54) is 37.9 Å². The summed E-state index contributed by atoms with van der Waals surface area (Å²) in [4.78, 5) is 39.1. The molecule has 0 spiro atoms. The molecule has 0 aliphatic heterocycles. The highest BCUT2D eigenvalue weighted by Crippen LogP contribution is 2.19. The second-order valence-electron chi connectivity index (χ2n) is 8.13. The molecule has 2 aromatic heterocycles. The van der Waals surface area contributed by atoms with E-state index < -0.39 is 11.5 Å². The van der Waals surface area contributed by atoms with Crippen molar-refractivity contribution in [1.29, 1.82) is 0 Å². The molecule has 0 saturated carbocycles. The topological polar surface area (TPSA) is 90.4 Å². The Bertz CT molecular complexity index is 1500. The van der Waals surface area contributed by atoms with Gasteiger partial charge >= 0.3 is 5.69 Å². The number of halogens is 2. The molecule has 0 saturated heterocycles. The van der Waals surface area contributed by atoms with E-state index >= 15 is 0 Å². The van der Waals surface area contributed by atoms with E-state index in [9.17, 15) is 18.8 Å². The minimum atomic E-state index is -0.498.